The predicted molar refractivity (Wildman–Crippen MR) is 97.6 cm³/mol. The number of hydrogen-bond donors (Lipinski definition) is 1. The van der Waals surface area contributed by atoms with Crippen LogP contribution in [0.3, 0.4) is 0 Å². The summed E-state index contributed by atoms with van der Waals surface area (Å²) in [7, 11) is 0. The zero-order valence-corrected chi connectivity index (χ0v) is 14.9. The second kappa shape index (κ2) is 8.56. The van der Waals surface area contributed by atoms with Gasteiger partial charge in [0.1, 0.15) is 0 Å². The number of hydrogen-bond acceptors (Lipinski definition) is 3. The van der Waals surface area contributed by atoms with Crippen molar-refractivity contribution in [2.24, 2.45) is 11.8 Å². The number of rotatable bonds is 7. The van der Waals surface area contributed by atoms with Crippen molar-refractivity contribution in [3.63, 3.8) is 0 Å². The van der Waals surface area contributed by atoms with Gasteiger partial charge >= 0.3 is 0 Å². The van der Waals surface area contributed by atoms with E-state index in [1.807, 2.05) is 22.7 Å². The first kappa shape index (κ1) is 17.3. The van der Waals surface area contributed by atoms with Gasteiger partial charge in [-0.3, -0.25) is 9.59 Å². The van der Waals surface area contributed by atoms with Gasteiger partial charge in [0.25, 0.3) is 0 Å². The minimum absolute atomic E-state index is 0.0272. The summed E-state index contributed by atoms with van der Waals surface area (Å²) in [6.45, 7) is 2.13. The Morgan fingerprint density at radius 3 is 2.67 bits per heavy atom. The van der Waals surface area contributed by atoms with Crippen LogP contribution in [-0.4, -0.2) is 42.1 Å². The molecule has 0 bridgehead atoms. The average molecular weight is 346 g/mol. The molecule has 2 aliphatic rings. The van der Waals surface area contributed by atoms with E-state index in [4.69, 9.17) is 0 Å². The summed E-state index contributed by atoms with van der Waals surface area (Å²) in [6, 6.07) is 10.4. The van der Waals surface area contributed by atoms with Gasteiger partial charge in [-0.05, 0) is 31.2 Å². The summed E-state index contributed by atoms with van der Waals surface area (Å²) < 4.78 is 0. The van der Waals surface area contributed by atoms with Gasteiger partial charge in [0.15, 0.2) is 0 Å². The van der Waals surface area contributed by atoms with E-state index in [0.29, 0.717) is 13.1 Å². The van der Waals surface area contributed by atoms with E-state index in [0.717, 1.165) is 43.7 Å². The van der Waals surface area contributed by atoms with Crippen LogP contribution in [0.25, 0.3) is 0 Å². The summed E-state index contributed by atoms with van der Waals surface area (Å²) in [6.07, 6.45) is 3.91. The molecule has 0 aromatic heterocycles. The topological polar surface area (TPSA) is 49.4 Å². The molecule has 24 heavy (non-hydrogen) atoms. The van der Waals surface area contributed by atoms with Gasteiger partial charge in [0.05, 0.1) is 5.92 Å². The SMILES string of the molecule is O=C(NCCSCc1ccccc1)[C@H]1CCCN(C(=O)C2CC2)C1. The monoisotopic (exact) mass is 346 g/mol. The Hall–Kier alpha value is -1.49. The number of carbonyl (C=O) groups excluding carboxylic acids is 2. The van der Waals surface area contributed by atoms with Crippen LogP contribution < -0.4 is 5.32 Å². The standard InChI is InChI=1S/C19H26N2O2S/c22-18(20-10-12-24-14-15-5-2-1-3-6-15)17-7-4-11-21(13-17)19(23)16-8-9-16/h1-3,5-6,16-17H,4,7-14H2,(H,20,22)/t17-/m0/s1. The first-order chi connectivity index (χ1) is 11.7. The first-order valence-electron chi connectivity index (χ1n) is 8.92. The molecule has 4 nitrogen and oxygen atoms in total. The van der Waals surface area contributed by atoms with Crippen LogP contribution in [0.15, 0.2) is 30.3 Å². The summed E-state index contributed by atoms with van der Waals surface area (Å²) in [4.78, 5) is 26.4. The molecule has 0 unspecified atom stereocenters. The molecule has 1 aromatic carbocycles. The molecule has 2 amide bonds. The lowest BCUT2D eigenvalue weighted by atomic mass is 9.97. The number of nitrogens with zero attached hydrogens (tertiary/aromatic N) is 1. The van der Waals surface area contributed by atoms with Crippen LogP contribution in [0.1, 0.15) is 31.2 Å². The zero-order chi connectivity index (χ0) is 16.8. The Bertz CT molecular complexity index is 560. The zero-order valence-electron chi connectivity index (χ0n) is 14.1. The van der Waals surface area contributed by atoms with E-state index >= 15 is 0 Å². The molecule has 130 valence electrons. The molecule has 5 heteroatoms. The van der Waals surface area contributed by atoms with Crippen molar-refractivity contribution in [3.8, 4) is 0 Å². The van der Waals surface area contributed by atoms with Crippen LogP contribution in [0, 0.1) is 11.8 Å². The molecule has 1 atom stereocenters. The van der Waals surface area contributed by atoms with Crippen LogP contribution >= 0.6 is 11.8 Å². The highest BCUT2D eigenvalue weighted by molar-refractivity contribution is 7.98. The smallest absolute Gasteiger partial charge is 0.225 e. The number of nitrogens with one attached hydrogen (secondary N) is 1. The third-order valence-electron chi connectivity index (χ3n) is 4.69. The highest BCUT2D eigenvalue weighted by Gasteiger charge is 2.36. The van der Waals surface area contributed by atoms with Crippen molar-refractivity contribution < 1.29 is 9.59 Å². The summed E-state index contributed by atoms with van der Waals surface area (Å²) in [5.41, 5.74) is 1.32. The summed E-state index contributed by atoms with van der Waals surface area (Å²) in [5.74, 6) is 2.50. The van der Waals surface area contributed by atoms with E-state index in [1.54, 1.807) is 0 Å². The van der Waals surface area contributed by atoms with Crippen molar-refractivity contribution in [2.75, 3.05) is 25.4 Å². The van der Waals surface area contributed by atoms with Crippen LogP contribution in [0.4, 0.5) is 0 Å². The first-order valence-corrected chi connectivity index (χ1v) is 10.1. The molecule has 2 fully saturated rings. The molecule has 1 N–H and O–H groups in total. The molecule has 0 spiro atoms. The normalized spacial score (nSPS) is 20.7. The van der Waals surface area contributed by atoms with E-state index < -0.39 is 0 Å². The van der Waals surface area contributed by atoms with Gasteiger partial charge in [0.2, 0.25) is 11.8 Å². The lowest BCUT2D eigenvalue weighted by molar-refractivity contribution is -0.136. The maximum atomic E-state index is 12.3. The Morgan fingerprint density at radius 1 is 1.12 bits per heavy atom. The molecule has 3 rings (SSSR count). The van der Waals surface area contributed by atoms with Gasteiger partial charge in [0, 0.05) is 37.1 Å². The van der Waals surface area contributed by atoms with Crippen LogP contribution in [-0.2, 0) is 15.3 Å². The largest absolute Gasteiger partial charge is 0.355 e. The van der Waals surface area contributed by atoms with Crippen molar-refractivity contribution in [2.45, 2.75) is 31.4 Å². The van der Waals surface area contributed by atoms with Gasteiger partial charge in [-0.25, -0.2) is 0 Å². The maximum Gasteiger partial charge on any atom is 0.225 e. The third-order valence-corrected chi connectivity index (χ3v) is 5.72. The molecular formula is C19H26N2O2S. The minimum Gasteiger partial charge on any atom is -0.355 e. The Kier molecular flexibility index (Phi) is 6.18. The molecule has 1 saturated heterocycles. The van der Waals surface area contributed by atoms with Crippen molar-refractivity contribution >= 4 is 23.6 Å². The minimum atomic E-state index is -0.0272. The fourth-order valence-electron chi connectivity index (χ4n) is 3.13. The lowest BCUT2D eigenvalue weighted by Crippen LogP contribution is -2.46. The maximum absolute atomic E-state index is 12.3. The number of likely N-dealkylation sites (tertiary alicyclic amines) is 1. The molecular weight excluding hydrogens is 320 g/mol. The Labute approximate surface area is 148 Å². The Morgan fingerprint density at radius 2 is 1.92 bits per heavy atom. The van der Waals surface area contributed by atoms with Gasteiger partial charge < -0.3 is 10.2 Å². The van der Waals surface area contributed by atoms with E-state index in [1.165, 1.54) is 5.56 Å². The highest BCUT2D eigenvalue weighted by Crippen LogP contribution is 2.32. The van der Waals surface area contributed by atoms with E-state index in [-0.39, 0.29) is 23.7 Å². The fourth-order valence-corrected chi connectivity index (χ4v) is 3.95. The number of piperidine rings is 1. The molecule has 1 heterocycles. The quantitative estimate of drug-likeness (QED) is 0.772. The number of thioether (sulfide) groups is 1. The van der Waals surface area contributed by atoms with Crippen LogP contribution in [0.5, 0.6) is 0 Å². The van der Waals surface area contributed by atoms with Gasteiger partial charge in [-0.15, -0.1) is 0 Å². The molecule has 1 saturated carbocycles. The van der Waals surface area contributed by atoms with Gasteiger partial charge in [-0.1, -0.05) is 30.3 Å². The molecule has 1 aliphatic carbocycles. The van der Waals surface area contributed by atoms with Crippen molar-refractivity contribution in [3.05, 3.63) is 35.9 Å². The molecule has 1 aromatic rings. The van der Waals surface area contributed by atoms with E-state index in [2.05, 4.69) is 29.6 Å². The highest BCUT2D eigenvalue weighted by atomic mass is 32.2. The molecule has 0 radical (unpaired) electrons. The van der Waals surface area contributed by atoms with Gasteiger partial charge in [-0.2, -0.15) is 11.8 Å². The predicted octanol–water partition coefficient (Wildman–Crippen LogP) is 2.68. The average Bonchev–Trinajstić information content (AvgIpc) is 3.47. The number of amides is 2. The Balaban J connectivity index is 1.33. The molecule has 1 aliphatic heterocycles. The second-order valence-corrected chi connectivity index (χ2v) is 7.83. The van der Waals surface area contributed by atoms with Crippen LogP contribution in [0.2, 0.25) is 0 Å². The second-order valence-electron chi connectivity index (χ2n) is 6.73. The summed E-state index contributed by atoms with van der Waals surface area (Å²) >= 11 is 1.83. The van der Waals surface area contributed by atoms with Crippen molar-refractivity contribution in [1.82, 2.24) is 10.2 Å². The summed E-state index contributed by atoms with van der Waals surface area (Å²) in [5, 5.41) is 3.05. The fraction of sp³-hybridized carbons (Fsp3) is 0.579. The number of benzene rings is 1. The number of carbonyl (C=O) groups is 2. The third kappa shape index (κ3) is 5.00. The van der Waals surface area contributed by atoms with E-state index in [9.17, 15) is 9.59 Å². The lowest BCUT2D eigenvalue weighted by Gasteiger charge is -2.32. The van der Waals surface area contributed by atoms with Crippen molar-refractivity contribution in [1.29, 1.82) is 0 Å².